The molecule has 8 heteroatoms. The summed E-state index contributed by atoms with van der Waals surface area (Å²) in [5, 5.41) is 5.18. The van der Waals surface area contributed by atoms with E-state index in [4.69, 9.17) is 4.99 Å². The number of halogens is 1. The van der Waals surface area contributed by atoms with Crippen molar-refractivity contribution in [3.8, 4) is 0 Å². The molecule has 7 nitrogen and oxygen atoms in total. The lowest BCUT2D eigenvalue weighted by Crippen LogP contribution is -2.50. The molecular weight excluding hydrogens is 507 g/mol. The summed E-state index contributed by atoms with van der Waals surface area (Å²) in [7, 11) is 0. The third-order valence-electron chi connectivity index (χ3n) is 6.70. The van der Waals surface area contributed by atoms with Crippen LogP contribution in [0.15, 0.2) is 102 Å². The Morgan fingerprint density at radius 1 is 0.875 bits per heavy atom. The van der Waals surface area contributed by atoms with E-state index in [0.717, 1.165) is 11.1 Å². The Bertz CT molecular complexity index is 1630. The number of aliphatic imine (C=N–C) groups is 1. The van der Waals surface area contributed by atoms with Crippen LogP contribution >= 0.6 is 0 Å². The van der Waals surface area contributed by atoms with Crippen molar-refractivity contribution in [2.45, 2.75) is 20.0 Å². The summed E-state index contributed by atoms with van der Waals surface area (Å²) < 4.78 is 14.0. The van der Waals surface area contributed by atoms with Gasteiger partial charge in [-0.2, -0.15) is 0 Å². The van der Waals surface area contributed by atoms with Crippen molar-refractivity contribution >= 4 is 34.8 Å². The van der Waals surface area contributed by atoms with Crippen LogP contribution in [0.3, 0.4) is 0 Å². The van der Waals surface area contributed by atoms with Gasteiger partial charge in [0.25, 0.3) is 5.91 Å². The van der Waals surface area contributed by atoms with E-state index in [9.17, 15) is 18.8 Å². The second-order valence-corrected chi connectivity index (χ2v) is 9.49. The largest absolute Gasteiger partial charge is 0.321 e. The standard InChI is InChI=1S/C32H27FN4O3/c1-20-10-6-7-13-24(20)28(38)19-37-27-15-9-8-14-25(27)29(22-11-4-3-5-12-22)35-30(31(37)39)36-32(40)34-23-17-16-21(2)26(33)18-23/h3-18,30H,19H2,1-2H3,(H2,34,36,40)/t30-/m0/s1. The molecule has 0 aliphatic carbocycles. The molecule has 1 aliphatic heterocycles. The average molecular weight is 535 g/mol. The van der Waals surface area contributed by atoms with Crippen molar-refractivity contribution in [2.75, 3.05) is 16.8 Å². The summed E-state index contributed by atoms with van der Waals surface area (Å²) in [4.78, 5) is 46.5. The van der Waals surface area contributed by atoms with Crippen LogP contribution in [0.25, 0.3) is 0 Å². The fourth-order valence-corrected chi connectivity index (χ4v) is 4.59. The van der Waals surface area contributed by atoms with Gasteiger partial charge in [0.15, 0.2) is 5.78 Å². The van der Waals surface area contributed by atoms with Gasteiger partial charge >= 0.3 is 6.03 Å². The highest BCUT2D eigenvalue weighted by Gasteiger charge is 2.34. The number of hydrogen-bond acceptors (Lipinski definition) is 4. The Labute approximate surface area is 231 Å². The van der Waals surface area contributed by atoms with Gasteiger partial charge in [0.2, 0.25) is 6.17 Å². The third-order valence-corrected chi connectivity index (χ3v) is 6.70. The molecule has 2 N–H and O–H groups in total. The molecule has 4 aromatic carbocycles. The highest BCUT2D eigenvalue weighted by Crippen LogP contribution is 2.29. The Morgan fingerprint density at radius 3 is 2.33 bits per heavy atom. The first-order valence-corrected chi connectivity index (χ1v) is 12.8. The molecule has 0 bridgehead atoms. The van der Waals surface area contributed by atoms with E-state index in [-0.39, 0.29) is 18.0 Å². The van der Waals surface area contributed by atoms with Gasteiger partial charge in [0, 0.05) is 22.4 Å². The summed E-state index contributed by atoms with van der Waals surface area (Å²) in [5.74, 6) is -1.29. The molecule has 1 aliphatic rings. The lowest BCUT2D eigenvalue weighted by Gasteiger charge is -2.25. The number of carbonyl (C=O) groups excluding carboxylic acids is 3. The molecule has 0 spiro atoms. The lowest BCUT2D eigenvalue weighted by molar-refractivity contribution is -0.120. The number of urea groups is 1. The number of anilines is 2. The highest BCUT2D eigenvalue weighted by molar-refractivity contribution is 6.21. The molecule has 0 radical (unpaired) electrons. The number of para-hydroxylation sites is 1. The maximum absolute atomic E-state index is 14.0. The first kappa shape index (κ1) is 26.5. The molecule has 0 aromatic heterocycles. The zero-order valence-electron chi connectivity index (χ0n) is 22.0. The van der Waals surface area contributed by atoms with Crippen molar-refractivity contribution < 1.29 is 18.8 Å². The van der Waals surface area contributed by atoms with E-state index in [1.165, 1.54) is 11.0 Å². The topological polar surface area (TPSA) is 90.9 Å². The van der Waals surface area contributed by atoms with Crippen molar-refractivity contribution in [1.82, 2.24) is 5.32 Å². The second kappa shape index (κ2) is 11.3. The number of rotatable bonds is 6. The molecule has 40 heavy (non-hydrogen) atoms. The Hall–Kier alpha value is -5.11. The average Bonchev–Trinajstić information content (AvgIpc) is 3.06. The monoisotopic (exact) mass is 534 g/mol. The molecule has 200 valence electrons. The normalized spacial score (nSPS) is 14.6. The maximum Gasteiger partial charge on any atom is 0.321 e. The minimum atomic E-state index is -1.36. The zero-order chi connectivity index (χ0) is 28.2. The first-order valence-electron chi connectivity index (χ1n) is 12.8. The summed E-state index contributed by atoms with van der Waals surface area (Å²) >= 11 is 0. The van der Waals surface area contributed by atoms with Crippen LogP contribution in [0.4, 0.5) is 20.6 Å². The molecule has 1 atom stereocenters. The minimum absolute atomic E-state index is 0.226. The van der Waals surface area contributed by atoms with E-state index >= 15 is 0 Å². The fraction of sp³-hybridized carbons (Fsp3) is 0.125. The van der Waals surface area contributed by atoms with Crippen LogP contribution in [-0.4, -0.2) is 36.1 Å². The zero-order valence-corrected chi connectivity index (χ0v) is 22.0. The number of hydrogen-bond donors (Lipinski definition) is 2. The summed E-state index contributed by atoms with van der Waals surface area (Å²) in [6.45, 7) is 3.21. The number of amides is 3. The van der Waals surface area contributed by atoms with Crippen molar-refractivity contribution in [1.29, 1.82) is 0 Å². The number of Topliss-reactive ketones (excluding diaryl/α,β-unsaturated/α-hetero) is 1. The number of nitrogens with one attached hydrogen (secondary N) is 2. The van der Waals surface area contributed by atoms with Gasteiger partial charge in [-0.3, -0.25) is 9.59 Å². The van der Waals surface area contributed by atoms with E-state index in [1.807, 2.05) is 61.5 Å². The summed E-state index contributed by atoms with van der Waals surface area (Å²) in [5.41, 5.74) is 4.34. The Morgan fingerprint density at radius 2 is 1.57 bits per heavy atom. The van der Waals surface area contributed by atoms with Gasteiger partial charge in [-0.15, -0.1) is 0 Å². The molecule has 0 saturated carbocycles. The van der Waals surface area contributed by atoms with E-state index in [0.29, 0.717) is 28.1 Å². The first-order chi connectivity index (χ1) is 19.3. The van der Waals surface area contributed by atoms with Crippen LogP contribution in [-0.2, 0) is 4.79 Å². The highest BCUT2D eigenvalue weighted by atomic mass is 19.1. The van der Waals surface area contributed by atoms with Gasteiger partial charge in [-0.05, 0) is 43.2 Å². The van der Waals surface area contributed by atoms with Gasteiger partial charge in [-0.1, -0.05) is 78.9 Å². The number of nitrogens with zero attached hydrogens (tertiary/aromatic N) is 2. The number of carbonyl (C=O) groups is 3. The van der Waals surface area contributed by atoms with Crippen molar-refractivity contribution in [2.24, 2.45) is 4.99 Å². The predicted molar refractivity (Wildman–Crippen MR) is 153 cm³/mol. The van der Waals surface area contributed by atoms with E-state index in [2.05, 4.69) is 10.6 Å². The van der Waals surface area contributed by atoms with Crippen LogP contribution in [0.5, 0.6) is 0 Å². The van der Waals surface area contributed by atoms with E-state index in [1.54, 1.807) is 43.3 Å². The molecule has 0 fully saturated rings. The third kappa shape index (κ3) is 5.51. The molecule has 0 unspecified atom stereocenters. The van der Waals surface area contributed by atoms with Crippen LogP contribution in [0.1, 0.15) is 32.6 Å². The van der Waals surface area contributed by atoms with Gasteiger partial charge in [0.05, 0.1) is 17.9 Å². The number of benzene rings is 4. The van der Waals surface area contributed by atoms with Gasteiger partial charge in [-0.25, -0.2) is 14.2 Å². The number of fused-ring (bicyclic) bond motifs is 1. The number of benzodiazepines with no additional fused rings is 1. The molecule has 4 aromatic rings. The van der Waals surface area contributed by atoms with Gasteiger partial charge in [0.1, 0.15) is 5.82 Å². The van der Waals surface area contributed by atoms with Crippen molar-refractivity contribution in [3.05, 3.63) is 131 Å². The quantitative estimate of drug-likeness (QED) is 0.313. The number of aryl methyl sites for hydroxylation is 2. The molecule has 1 heterocycles. The molecule has 3 amide bonds. The minimum Gasteiger partial charge on any atom is -0.308 e. The maximum atomic E-state index is 14.0. The predicted octanol–water partition coefficient (Wildman–Crippen LogP) is 5.66. The fourth-order valence-electron chi connectivity index (χ4n) is 4.59. The van der Waals surface area contributed by atoms with Gasteiger partial charge < -0.3 is 15.5 Å². The SMILES string of the molecule is Cc1ccc(NC(=O)N[C@@H]2N=C(c3ccccc3)c3ccccc3N(CC(=O)c3ccccc3C)C2=O)cc1F. The molecule has 0 saturated heterocycles. The number of ketones is 1. The Balaban J connectivity index is 1.53. The van der Waals surface area contributed by atoms with Crippen LogP contribution < -0.4 is 15.5 Å². The van der Waals surface area contributed by atoms with E-state index < -0.39 is 23.9 Å². The van der Waals surface area contributed by atoms with Crippen molar-refractivity contribution in [3.63, 3.8) is 0 Å². The second-order valence-electron chi connectivity index (χ2n) is 9.49. The smallest absolute Gasteiger partial charge is 0.308 e. The van der Waals surface area contributed by atoms with Crippen LogP contribution in [0, 0.1) is 19.7 Å². The molecular formula is C32H27FN4O3. The molecule has 5 rings (SSSR count). The summed E-state index contributed by atoms with van der Waals surface area (Å²) in [6, 6.07) is 27.3. The lowest BCUT2D eigenvalue weighted by atomic mass is 9.99. The van der Waals surface area contributed by atoms with Crippen LogP contribution in [0.2, 0.25) is 0 Å². The Kier molecular flexibility index (Phi) is 7.50. The summed E-state index contributed by atoms with van der Waals surface area (Å²) in [6.07, 6.45) is -1.36.